The lowest BCUT2D eigenvalue weighted by molar-refractivity contribution is -0.105. The standard InChI is InChI=1S/C17H21FN2O4/c1-10(20-16(22)24-17(2,3)4)5-11-6-13(18)7-12-8-14(19-9-21)23-15(11)12/h6-10H,5H2,1-4H3,(H,19,21)(H,20,22). The smallest absolute Gasteiger partial charge is 0.407 e. The zero-order valence-corrected chi connectivity index (χ0v) is 14.1. The van der Waals surface area contributed by atoms with Crippen molar-refractivity contribution in [3.63, 3.8) is 0 Å². The minimum atomic E-state index is -0.591. The first-order valence-corrected chi connectivity index (χ1v) is 7.59. The van der Waals surface area contributed by atoms with Crippen LogP contribution < -0.4 is 10.6 Å². The Morgan fingerprint density at radius 3 is 2.71 bits per heavy atom. The van der Waals surface area contributed by atoms with E-state index in [4.69, 9.17) is 9.15 Å². The Morgan fingerprint density at radius 2 is 2.08 bits per heavy atom. The number of alkyl carbamates (subject to hydrolysis) is 1. The third-order valence-corrected chi connectivity index (χ3v) is 3.15. The molecule has 2 rings (SSSR count). The second kappa shape index (κ2) is 6.90. The van der Waals surface area contributed by atoms with Gasteiger partial charge in [-0.15, -0.1) is 0 Å². The second-order valence-electron chi connectivity index (χ2n) is 6.61. The summed E-state index contributed by atoms with van der Waals surface area (Å²) in [5, 5.41) is 5.64. The zero-order chi connectivity index (χ0) is 17.9. The summed E-state index contributed by atoms with van der Waals surface area (Å²) < 4.78 is 24.5. The van der Waals surface area contributed by atoms with Crippen LogP contribution in [0.5, 0.6) is 0 Å². The first-order valence-electron chi connectivity index (χ1n) is 7.59. The summed E-state index contributed by atoms with van der Waals surface area (Å²) in [6.07, 6.45) is 0.299. The van der Waals surface area contributed by atoms with Gasteiger partial charge in [-0.05, 0) is 46.2 Å². The number of benzene rings is 1. The third-order valence-electron chi connectivity index (χ3n) is 3.15. The number of hydrogen-bond donors (Lipinski definition) is 2. The molecule has 0 bridgehead atoms. The molecule has 130 valence electrons. The maximum absolute atomic E-state index is 13.8. The molecule has 0 fully saturated rings. The van der Waals surface area contributed by atoms with Gasteiger partial charge >= 0.3 is 6.09 Å². The average Bonchev–Trinajstić information content (AvgIpc) is 2.78. The van der Waals surface area contributed by atoms with E-state index in [9.17, 15) is 14.0 Å². The van der Waals surface area contributed by atoms with E-state index in [2.05, 4.69) is 10.6 Å². The van der Waals surface area contributed by atoms with Crippen molar-refractivity contribution in [2.45, 2.75) is 45.8 Å². The second-order valence-corrected chi connectivity index (χ2v) is 6.61. The summed E-state index contributed by atoms with van der Waals surface area (Å²) in [6.45, 7) is 7.11. The maximum atomic E-state index is 13.8. The van der Waals surface area contributed by atoms with E-state index < -0.39 is 17.5 Å². The Bertz CT molecular complexity index is 749. The molecule has 6 nitrogen and oxygen atoms in total. The lowest BCUT2D eigenvalue weighted by Crippen LogP contribution is -2.38. The molecule has 1 unspecified atom stereocenters. The predicted molar refractivity (Wildman–Crippen MR) is 88.4 cm³/mol. The zero-order valence-electron chi connectivity index (χ0n) is 14.1. The molecule has 0 aliphatic rings. The lowest BCUT2D eigenvalue weighted by atomic mass is 10.0. The summed E-state index contributed by atoms with van der Waals surface area (Å²) in [4.78, 5) is 22.3. The van der Waals surface area contributed by atoms with E-state index in [1.54, 1.807) is 33.8 Å². The Balaban J connectivity index is 2.16. The van der Waals surface area contributed by atoms with Crippen LogP contribution in [0.25, 0.3) is 11.0 Å². The predicted octanol–water partition coefficient (Wildman–Crippen LogP) is 3.60. The molecule has 0 saturated carbocycles. The lowest BCUT2D eigenvalue weighted by Gasteiger charge is -2.22. The van der Waals surface area contributed by atoms with E-state index in [1.165, 1.54) is 12.1 Å². The van der Waals surface area contributed by atoms with Gasteiger partial charge in [-0.3, -0.25) is 10.1 Å². The molecule has 1 aromatic heterocycles. The number of anilines is 1. The van der Waals surface area contributed by atoms with Crippen molar-refractivity contribution in [3.8, 4) is 0 Å². The summed E-state index contributed by atoms with van der Waals surface area (Å²) in [5.74, 6) is -0.181. The van der Waals surface area contributed by atoms with E-state index in [0.29, 0.717) is 29.4 Å². The van der Waals surface area contributed by atoms with Crippen molar-refractivity contribution in [3.05, 3.63) is 29.6 Å². The number of carbonyl (C=O) groups is 2. The maximum Gasteiger partial charge on any atom is 0.407 e. The van der Waals surface area contributed by atoms with E-state index in [1.807, 2.05) is 0 Å². The van der Waals surface area contributed by atoms with Crippen LogP contribution in [0, 0.1) is 5.82 Å². The van der Waals surface area contributed by atoms with Gasteiger partial charge in [-0.2, -0.15) is 0 Å². The Kier molecular flexibility index (Phi) is 5.11. The van der Waals surface area contributed by atoms with Gasteiger partial charge in [0.2, 0.25) is 12.3 Å². The number of halogens is 1. The molecule has 2 aromatic rings. The molecule has 2 amide bonds. The summed E-state index contributed by atoms with van der Waals surface area (Å²) in [7, 11) is 0. The van der Waals surface area contributed by atoms with E-state index >= 15 is 0 Å². The van der Waals surface area contributed by atoms with Gasteiger partial charge < -0.3 is 14.5 Å². The highest BCUT2D eigenvalue weighted by Gasteiger charge is 2.19. The molecule has 0 spiro atoms. The van der Waals surface area contributed by atoms with Crippen molar-refractivity contribution in [2.24, 2.45) is 0 Å². The van der Waals surface area contributed by atoms with Crippen molar-refractivity contribution < 1.29 is 23.1 Å². The van der Waals surface area contributed by atoms with E-state index in [0.717, 1.165) is 0 Å². The molecule has 0 radical (unpaired) electrons. The fourth-order valence-electron chi connectivity index (χ4n) is 2.36. The SMILES string of the molecule is CC(Cc1cc(F)cc2cc(NC=O)oc12)NC(=O)OC(C)(C)C. The molecular weight excluding hydrogens is 315 g/mol. The van der Waals surface area contributed by atoms with Gasteiger partial charge in [-0.25, -0.2) is 9.18 Å². The molecule has 1 aromatic carbocycles. The molecule has 2 N–H and O–H groups in total. The van der Waals surface area contributed by atoms with Gasteiger partial charge in [0.25, 0.3) is 0 Å². The molecule has 0 aliphatic carbocycles. The molecule has 1 heterocycles. The molecule has 0 aliphatic heterocycles. The monoisotopic (exact) mass is 336 g/mol. The minimum absolute atomic E-state index is 0.236. The van der Waals surface area contributed by atoms with Crippen LogP contribution >= 0.6 is 0 Å². The van der Waals surface area contributed by atoms with Crippen molar-refractivity contribution in [1.82, 2.24) is 5.32 Å². The van der Waals surface area contributed by atoms with Crippen LogP contribution in [0.15, 0.2) is 22.6 Å². The van der Waals surface area contributed by atoms with Crippen molar-refractivity contribution >= 4 is 29.4 Å². The van der Waals surface area contributed by atoms with Crippen molar-refractivity contribution in [2.75, 3.05) is 5.32 Å². The summed E-state index contributed by atoms with van der Waals surface area (Å²) >= 11 is 0. The van der Waals surface area contributed by atoms with Crippen LogP contribution in [-0.2, 0) is 16.0 Å². The highest BCUT2D eigenvalue weighted by atomic mass is 19.1. The van der Waals surface area contributed by atoms with Crippen LogP contribution in [-0.4, -0.2) is 24.1 Å². The summed E-state index contributed by atoms with van der Waals surface area (Å²) in [6, 6.07) is 3.92. The minimum Gasteiger partial charge on any atom is -0.444 e. The molecule has 7 heteroatoms. The molecule has 1 atom stereocenters. The molecular formula is C17H21FN2O4. The number of rotatable bonds is 5. The van der Waals surface area contributed by atoms with Gasteiger partial charge in [0.15, 0.2) is 0 Å². The first-order chi connectivity index (χ1) is 11.2. The van der Waals surface area contributed by atoms with Crippen LogP contribution in [0.1, 0.15) is 33.3 Å². The normalized spacial score (nSPS) is 12.7. The van der Waals surface area contributed by atoms with Gasteiger partial charge in [0.1, 0.15) is 17.0 Å². The molecule has 0 saturated heterocycles. The number of carbonyl (C=O) groups excluding carboxylic acids is 2. The number of furan rings is 1. The number of nitrogens with one attached hydrogen (secondary N) is 2. The number of ether oxygens (including phenoxy) is 1. The third kappa shape index (κ3) is 4.71. The number of fused-ring (bicyclic) bond motifs is 1. The number of amides is 2. The summed E-state index contributed by atoms with van der Waals surface area (Å²) in [5.41, 5.74) is 0.470. The Morgan fingerprint density at radius 1 is 1.38 bits per heavy atom. The largest absolute Gasteiger partial charge is 0.444 e. The van der Waals surface area contributed by atoms with Gasteiger partial charge in [0, 0.05) is 23.1 Å². The topological polar surface area (TPSA) is 80.6 Å². The fourth-order valence-corrected chi connectivity index (χ4v) is 2.36. The van der Waals surface area contributed by atoms with Gasteiger partial charge in [0.05, 0.1) is 0 Å². The highest BCUT2D eigenvalue weighted by molar-refractivity contribution is 5.86. The number of hydrogen-bond acceptors (Lipinski definition) is 4. The molecule has 24 heavy (non-hydrogen) atoms. The highest BCUT2D eigenvalue weighted by Crippen LogP contribution is 2.28. The quantitative estimate of drug-likeness (QED) is 0.818. The van der Waals surface area contributed by atoms with Crippen LogP contribution in [0.3, 0.4) is 0 Å². The van der Waals surface area contributed by atoms with Crippen LogP contribution in [0.2, 0.25) is 0 Å². The van der Waals surface area contributed by atoms with Crippen molar-refractivity contribution in [1.29, 1.82) is 0 Å². The average molecular weight is 336 g/mol. The Hall–Kier alpha value is -2.57. The van der Waals surface area contributed by atoms with Crippen LogP contribution in [0.4, 0.5) is 15.1 Å². The first kappa shape index (κ1) is 17.8. The Labute approximate surface area is 139 Å². The fraction of sp³-hybridized carbons (Fsp3) is 0.412. The van der Waals surface area contributed by atoms with E-state index in [-0.39, 0.29) is 11.9 Å². The van der Waals surface area contributed by atoms with Gasteiger partial charge in [-0.1, -0.05) is 0 Å².